The second-order valence-corrected chi connectivity index (χ2v) is 10.9. The Balaban J connectivity index is 1.67. The van der Waals surface area contributed by atoms with Crippen molar-refractivity contribution in [1.29, 1.82) is 5.53 Å². The zero-order chi connectivity index (χ0) is 26.3. The summed E-state index contributed by atoms with van der Waals surface area (Å²) < 4.78 is 55.2. The average Bonchev–Trinajstić information content (AvgIpc) is 3.22. The number of anilines is 3. The molecule has 3 aromatic heterocycles. The maximum atomic E-state index is 14.8. The van der Waals surface area contributed by atoms with Gasteiger partial charge in [0.2, 0.25) is 16.0 Å². The van der Waals surface area contributed by atoms with Gasteiger partial charge in [0.15, 0.2) is 11.6 Å². The van der Waals surface area contributed by atoms with Gasteiger partial charge in [0.1, 0.15) is 11.2 Å². The summed E-state index contributed by atoms with van der Waals surface area (Å²) in [6.07, 6.45) is 2.49. The van der Waals surface area contributed by atoms with Gasteiger partial charge in [-0.2, -0.15) is 14.4 Å². The minimum atomic E-state index is -3.72. The predicted molar refractivity (Wildman–Crippen MR) is 133 cm³/mol. The number of pyridine rings is 1. The first-order valence-corrected chi connectivity index (χ1v) is 13.1. The summed E-state index contributed by atoms with van der Waals surface area (Å²) in [5, 5.41) is 16.7. The molecule has 0 radical (unpaired) electrons. The second kappa shape index (κ2) is 9.54. The van der Waals surface area contributed by atoms with E-state index in [1.54, 1.807) is 31.4 Å². The van der Waals surface area contributed by atoms with Crippen molar-refractivity contribution in [3.8, 4) is 11.3 Å². The molecule has 3 aromatic rings. The molecular weight excluding hydrogens is 494 g/mol. The highest BCUT2D eigenvalue weighted by atomic mass is 32.2. The topological polar surface area (TPSA) is 153 Å². The highest BCUT2D eigenvalue weighted by Crippen LogP contribution is 2.34. The molecule has 0 amide bonds. The minimum Gasteiger partial charge on any atom is -0.371 e. The molecule has 0 spiro atoms. The van der Waals surface area contributed by atoms with Crippen LogP contribution in [-0.4, -0.2) is 76.7 Å². The molecule has 1 atom stereocenters. The molecule has 1 aliphatic rings. The Morgan fingerprint density at radius 2 is 1.97 bits per heavy atom. The lowest BCUT2D eigenvalue weighted by Gasteiger charge is -2.37. The number of sulfonamides is 1. The molecule has 4 N–H and O–H groups in total. The first-order valence-electron chi connectivity index (χ1n) is 11.2. The fraction of sp³-hybridized carbons (Fsp3) is 0.476. The molecule has 15 heteroatoms. The third kappa shape index (κ3) is 5.06. The van der Waals surface area contributed by atoms with Crippen molar-refractivity contribution in [2.75, 3.05) is 42.3 Å². The molecule has 4 heterocycles. The first kappa shape index (κ1) is 25.6. The van der Waals surface area contributed by atoms with Crippen LogP contribution in [0.25, 0.3) is 16.8 Å². The number of halogens is 2. The van der Waals surface area contributed by atoms with Crippen molar-refractivity contribution in [3.05, 3.63) is 24.4 Å². The lowest BCUT2D eigenvalue weighted by Crippen LogP contribution is -2.55. The molecule has 4 rings (SSSR count). The van der Waals surface area contributed by atoms with Crippen LogP contribution in [0.1, 0.15) is 20.3 Å². The Morgan fingerprint density at radius 3 is 2.58 bits per heavy atom. The van der Waals surface area contributed by atoms with Crippen molar-refractivity contribution in [2.45, 2.75) is 38.3 Å². The Kier molecular flexibility index (Phi) is 6.79. The van der Waals surface area contributed by atoms with E-state index >= 15 is 0 Å². The van der Waals surface area contributed by atoms with Gasteiger partial charge >= 0.3 is 0 Å². The predicted octanol–water partition coefficient (Wildman–Crippen LogP) is 3.40. The van der Waals surface area contributed by atoms with E-state index in [1.807, 2.05) is 13.8 Å². The van der Waals surface area contributed by atoms with Crippen LogP contribution in [0.15, 0.2) is 29.5 Å². The second-order valence-electron chi connectivity index (χ2n) is 8.87. The fourth-order valence-electron chi connectivity index (χ4n) is 4.06. The lowest BCUT2D eigenvalue weighted by molar-refractivity contribution is -0.0541. The summed E-state index contributed by atoms with van der Waals surface area (Å²) in [7, 11) is -2.06. The standard InChI is InChI=1S/C21H28F2N10O2S/c1-12(2)26-18-15(30-24)6-5-14(27-18)13-7-10-33-17(13)19(25-3)29-20(31-33)28-16-8-9-32(36(4,34)35)11-21(16,22)23/h5-7,10,12,16,24H,8-9,11H2,1-4H3,(H,26,27)(H2,25,28,29,31)/t16-/m1/s1. The molecule has 1 aliphatic heterocycles. The minimum absolute atomic E-state index is 0.0232. The molecular formula is C21H28F2N10O2S. The molecule has 1 fully saturated rings. The third-order valence-electron chi connectivity index (χ3n) is 5.78. The zero-order valence-corrected chi connectivity index (χ0v) is 21.1. The monoisotopic (exact) mass is 522 g/mol. The highest BCUT2D eigenvalue weighted by molar-refractivity contribution is 7.88. The van der Waals surface area contributed by atoms with E-state index in [-0.39, 0.29) is 25.0 Å². The molecule has 0 saturated carbocycles. The number of piperidine rings is 1. The number of fused-ring (bicyclic) bond motifs is 1. The zero-order valence-electron chi connectivity index (χ0n) is 20.2. The number of nitrogens with zero attached hydrogens (tertiary/aromatic N) is 6. The van der Waals surface area contributed by atoms with Crippen molar-refractivity contribution in [2.24, 2.45) is 5.11 Å². The smallest absolute Gasteiger partial charge is 0.281 e. The van der Waals surface area contributed by atoms with E-state index in [2.05, 4.69) is 36.1 Å². The molecule has 12 nitrogen and oxygen atoms in total. The number of hydrogen-bond acceptors (Lipinski definition) is 10. The van der Waals surface area contributed by atoms with E-state index in [0.29, 0.717) is 34.1 Å². The molecule has 0 unspecified atom stereocenters. The highest BCUT2D eigenvalue weighted by Gasteiger charge is 2.47. The lowest BCUT2D eigenvalue weighted by atomic mass is 10.0. The van der Waals surface area contributed by atoms with Crippen LogP contribution in [0, 0.1) is 5.53 Å². The molecule has 36 heavy (non-hydrogen) atoms. The quantitative estimate of drug-likeness (QED) is 0.329. The van der Waals surface area contributed by atoms with Gasteiger partial charge in [-0.3, -0.25) is 0 Å². The summed E-state index contributed by atoms with van der Waals surface area (Å²) in [5.41, 5.74) is 9.65. The first-order chi connectivity index (χ1) is 16.9. The van der Waals surface area contributed by atoms with Gasteiger partial charge in [-0.15, -0.1) is 5.10 Å². The molecule has 0 bridgehead atoms. The molecule has 1 saturated heterocycles. The van der Waals surface area contributed by atoms with Gasteiger partial charge in [-0.1, -0.05) is 0 Å². The summed E-state index contributed by atoms with van der Waals surface area (Å²) in [4.78, 5) is 9.02. The number of aromatic nitrogens is 4. The number of nitrogens with one attached hydrogen (secondary N) is 4. The van der Waals surface area contributed by atoms with E-state index in [4.69, 9.17) is 5.53 Å². The Morgan fingerprint density at radius 1 is 1.22 bits per heavy atom. The summed E-state index contributed by atoms with van der Waals surface area (Å²) >= 11 is 0. The Hall–Kier alpha value is -3.46. The van der Waals surface area contributed by atoms with E-state index < -0.39 is 28.5 Å². The van der Waals surface area contributed by atoms with Gasteiger partial charge in [0, 0.05) is 31.4 Å². The number of rotatable bonds is 8. The van der Waals surface area contributed by atoms with Crippen LogP contribution in [0.3, 0.4) is 0 Å². The third-order valence-corrected chi connectivity index (χ3v) is 7.03. The van der Waals surface area contributed by atoms with Gasteiger partial charge in [-0.25, -0.2) is 32.2 Å². The SMILES string of the molecule is CNc1nc(N[C@@H]2CCN(S(C)(=O)=O)CC2(F)F)nn2ccc(-c3ccc(N=N)c(NC(C)C)n3)c12. The normalized spacial score (nSPS) is 18.4. The summed E-state index contributed by atoms with van der Waals surface area (Å²) in [6, 6.07) is 3.94. The molecule has 0 aromatic carbocycles. The summed E-state index contributed by atoms with van der Waals surface area (Å²) in [5.74, 6) is -2.48. The maximum Gasteiger partial charge on any atom is 0.281 e. The van der Waals surface area contributed by atoms with Crippen LogP contribution in [-0.2, 0) is 10.0 Å². The van der Waals surface area contributed by atoms with Crippen molar-refractivity contribution in [3.63, 3.8) is 0 Å². The number of alkyl halides is 2. The largest absolute Gasteiger partial charge is 0.371 e. The van der Waals surface area contributed by atoms with Crippen LogP contribution in [0.5, 0.6) is 0 Å². The van der Waals surface area contributed by atoms with Crippen LogP contribution in [0.2, 0.25) is 0 Å². The van der Waals surface area contributed by atoms with Crippen LogP contribution in [0.4, 0.5) is 32.1 Å². The van der Waals surface area contributed by atoms with E-state index in [9.17, 15) is 17.2 Å². The van der Waals surface area contributed by atoms with Gasteiger partial charge < -0.3 is 16.0 Å². The van der Waals surface area contributed by atoms with Crippen molar-refractivity contribution >= 4 is 38.8 Å². The van der Waals surface area contributed by atoms with Gasteiger partial charge in [0.25, 0.3) is 5.92 Å². The summed E-state index contributed by atoms with van der Waals surface area (Å²) in [6.45, 7) is 2.97. The molecule has 194 valence electrons. The maximum absolute atomic E-state index is 14.8. The van der Waals surface area contributed by atoms with Crippen molar-refractivity contribution < 1.29 is 17.2 Å². The van der Waals surface area contributed by atoms with E-state index in [1.165, 1.54) is 4.52 Å². The van der Waals surface area contributed by atoms with E-state index in [0.717, 1.165) is 10.6 Å². The average molecular weight is 523 g/mol. The number of hydrogen-bond donors (Lipinski definition) is 4. The van der Waals surface area contributed by atoms with Crippen molar-refractivity contribution in [1.82, 2.24) is 23.9 Å². The Labute approximate surface area is 207 Å². The van der Waals surface area contributed by atoms with Gasteiger partial charge in [-0.05, 0) is 38.5 Å². The van der Waals surface area contributed by atoms with Gasteiger partial charge in [0.05, 0.1) is 24.5 Å². The van der Waals surface area contributed by atoms with Crippen LogP contribution < -0.4 is 16.0 Å². The molecule has 0 aliphatic carbocycles. The fourth-order valence-corrected chi connectivity index (χ4v) is 4.91. The Bertz CT molecular complexity index is 1390. The van der Waals surface area contributed by atoms with Crippen LogP contribution >= 0.6 is 0 Å².